The molecule has 0 bridgehead atoms. The molecule has 22 rings (SSSR count). The van der Waals surface area contributed by atoms with E-state index in [1.165, 1.54) is 85.2 Å². The minimum Gasteiger partial charge on any atom is -0.456 e. The molecule has 0 saturated heterocycles. The predicted octanol–water partition coefficient (Wildman–Crippen LogP) is 28.3. The van der Waals surface area contributed by atoms with Crippen LogP contribution in [0.5, 0.6) is 0 Å². The Bertz CT molecular complexity index is 7320. The molecule has 0 atom stereocenters. The molecule has 0 amide bonds. The van der Waals surface area contributed by atoms with Gasteiger partial charge in [-0.1, -0.05) is 315 Å². The minimum absolute atomic E-state index is 0.575. The topological polar surface area (TPSA) is 104 Å². The molecule has 0 spiro atoms. The summed E-state index contributed by atoms with van der Waals surface area (Å²) >= 11 is 3.59. The summed E-state index contributed by atoms with van der Waals surface area (Å²) < 4.78 is 17.5. The van der Waals surface area contributed by atoms with E-state index < -0.39 is 0 Å². The van der Waals surface area contributed by atoms with Gasteiger partial charge in [0.1, 0.15) is 22.3 Å². The Kier molecular flexibility index (Phi) is 16.4. The van der Waals surface area contributed by atoms with Crippen molar-refractivity contribution in [1.82, 2.24) is 29.9 Å². The third kappa shape index (κ3) is 12.1. The van der Waals surface area contributed by atoms with Crippen LogP contribution in [0, 0.1) is 0 Å². The third-order valence-corrected chi connectivity index (χ3v) is 23.5. The minimum atomic E-state index is 0.575. The van der Waals surface area contributed by atoms with Crippen LogP contribution < -0.4 is 0 Å². The van der Waals surface area contributed by atoms with Crippen molar-refractivity contribution >= 4 is 107 Å². The van der Waals surface area contributed by atoms with Gasteiger partial charge in [0.15, 0.2) is 34.9 Å². The van der Waals surface area contributed by atoms with E-state index in [2.05, 4.69) is 267 Å². The Morgan fingerprint density at radius 1 is 0.170 bits per heavy atom. The molecule has 10 heteroatoms. The number of fused-ring (bicyclic) bond motifs is 12. The van der Waals surface area contributed by atoms with Crippen LogP contribution in [0.25, 0.3) is 219 Å². The molecule has 0 unspecified atom stereocenters. The highest BCUT2D eigenvalue weighted by Crippen LogP contribution is 2.46. The van der Waals surface area contributed by atoms with E-state index in [1.807, 2.05) is 109 Å². The lowest BCUT2D eigenvalue weighted by Crippen LogP contribution is -2.00. The average molecular weight is 1470 g/mol. The summed E-state index contributed by atoms with van der Waals surface area (Å²) in [4.78, 5) is 31.0. The van der Waals surface area contributed by atoms with Crippen molar-refractivity contribution in [2.24, 2.45) is 0 Å². The van der Waals surface area contributed by atoms with Crippen molar-refractivity contribution in [2.75, 3.05) is 0 Å². The first-order valence-electron chi connectivity index (χ1n) is 37.4. The molecule has 0 aliphatic rings. The van der Waals surface area contributed by atoms with E-state index in [4.69, 9.17) is 38.7 Å². The largest absolute Gasteiger partial charge is 0.456 e. The first kappa shape index (κ1) is 65.8. The van der Waals surface area contributed by atoms with Crippen molar-refractivity contribution in [3.05, 3.63) is 376 Å². The predicted molar refractivity (Wildman–Crippen MR) is 465 cm³/mol. The van der Waals surface area contributed by atoms with Crippen molar-refractivity contribution in [2.45, 2.75) is 0 Å². The Labute approximate surface area is 652 Å². The zero-order chi connectivity index (χ0) is 74.0. The molecule has 0 radical (unpaired) electrons. The zero-order valence-electron chi connectivity index (χ0n) is 60.1. The standard InChI is InChI=1S/2C51H31N3OS/c1-3-11-32(12-4-1)33-21-23-34(24-22-33)35-25-27-36(28-26-35)38-29-30-45-43(31-38)47-41(17-10-20-46(47)56-45)50-52-49(37-13-5-2-6-14-37)53-51(54-50)42-18-9-16-40-39-15-7-8-19-44(39)55-48(40)42;1-3-11-32(12-4-1)33-21-23-34(24-22-33)35-25-27-36(28-26-35)38-29-30-45-42(31-38)48-41(17-10-20-46(48)56-45)51-53-49(37-13-5-2-6-14-37)52-50(54-51)40-16-9-19-44-47(40)39-15-7-8-18-43(39)55-44/h2*1-31H. The first-order valence-corrected chi connectivity index (χ1v) is 39.0. The molecule has 0 fully saturated rings. The summed E-state index contributed by atoms with van der Waals surface area (Å²) in [5.74, 6) is 3.69. The van der Waals surface area contributed by atoms with Crippen LogP contribution in [0.3, 0.4) is 0 Å². The second kappa shape index (κ2) is 28.0. The van der Waals surface area contributed by atoms with Crippen LogP contribution in [-0.2, 0) is 0 Å². The lowest BCUT2D eigenvalue weighted by Gasteiger charge is -2.10. The van der Waals surface area contributed by atoms with Crippen molar-refractivity contribution in [3.63, 3.8) is 0 Å². The maximum Gasteiger partial charge on any atom is 0.167 e. The SMILES string of the molecule is c1ccc(-c2ccc(-c3ccc(-c4ccc5sc6cccc(-c7nc(-c8ccccc8)nc(-c8cccc9c8oc8ccccc89)n7)c6c5c4)cc3)cc2)cc1.c1ccc(-c2ccc(-c3ccc(-c4ccc5sc6cccc(-c7nc(-c8ccccc8)nc(-c8cccc9oc%10ccccc%10c89)n7)c6c5c4)cc3)cc2)cc1. The fourth-order valence-corrected chi connectivity index (χ4v) is 17.8. The van der Waals surface area contributed by atoms with Gasteiger partial charge in [0.25, 0.3) is 0 Å². The molecule has 112 heavy (non-hydrogen) atoms. The quantitative estimate of drug-likeness (QED) is 0.119. The Morgan fingerprint density at radius 2 is 0.464 bits per heavy atom. The van der Waals surface area contributed by atoms with Crippen LogP contribution in [0.15, 0.2) is 385 Å². The van der Waals surface area contributed by atoms with Gasteiger partial charge < -0.3 is 8.83 Å². The number of thiophene rings is 2. The van der Waals surface area contributed by atoms with Gasteiger partial charge in [0.2, 0.25) is 0 Å². The Hall–Kier alpha value is -14.4. The van der Waals surface area contributed by atoms with Gasteiger partial charge in [0, 0.05) is 89.7 Å². The number of furan rings is 2. The second-order valence-corrected chi connectivity index (χ2v) is 30.1. The summed E-state index contributed by atoms with van der Waals surface area (Å²) in [5, 5.41) is 8.79. The Morgan fingerprint density at radius 3 is 0.902 bits per heavy atom. The molecular formula is C102H62N6O2S2. The lowest BCUT2D eigenvalue weighted by atomic mass is 9.97. The number of hydrogen-bond donors (Lipinski definition) is 0. The lowest BCUT2D eigenvalue weighted by molar-refractivity contribution is 0.669. The molecule has 8 nitrogen and oxygen atoms in total. The van der Waals surface area contributed by atoms with Crippen LogP contribution >= 0.6 is 22.7 Å². The van der Waals surface area contributed by atoms with Gasteiger partial charge in [-0.15, -0.1) is 22.7 Å². The number of nitrogens with zero attached hydrogens (tertiary/aromatic N) is 6. The maximum absolute atomic E-state index is 6.45. The van der Waals surface area contributed by atoms with Crippen LogP contribution in [-0.4, -0.2) is 29.9 Å². The highest BCUT2D eigenvalue weighted by Gasteiger charge is 2.24. The maximum atomic E-state index is 6.45. The van der Waals surface area contributed by atoms with Gasteiger partial charge in [0.05, 0.1) is 5.56 Å². The summed E-state index contributed by atoms with van der Waals surface area (Å²) in [6.07, 6.45) is 0. The molecular weight excluding hydrogens is 1410 g/mol. The van der Waals surface area contributed by atoms with E-state index in [-0.39, 0.29) is 0 Å². The number of aromatic nitrogens is 6. The normalized spacial score (nSPS) is 11.6. The van der Waals surface area contributed by atoms with Gasteiger partial charge in [-0.3, -0.25) is 0 Å². The van der Waals surface area contributed by atoms with Crippen LogP contribution in [0.2, 0.25) is 0 Å². The van der Waals surface area contributed by atoms with E-state index >= 15 is 0 Å². The van der Waals surface area contributed by atoms with E-state index in [0.717, 1.165) is 99.2 Å². The summed E-state index contributed by atoms with van der Waals surface area (Å²) in [7, 11) is 0. The number of para-hydroxylation sites is 3. The van der Waals surface area contributed by atoms with E-state index in [9.17, 15) is 0 Å². The van der Waals surface area contributed by atoms with Crippen LogP contribution in [0.4, 0.5) is 0 Å². The molecule has 16 aromatic carbocycles. The van der Waals surface area contributed by atoms with Gasteiger partial charge in [-0.25, -0.2) is 29.9 Å². The summed E-state index contributed by atoms with van der Waals surface area (Å²) in [6.45, 7) is 0. The highest BCUT2D eigenvalue weighted by molar-refractivity contribution is 7.26. The van der Waals surface area contributed by atoms with Crippen molar-refractivity contribution < 1.29 is 8.83 Å². The molecule has 0 saturated carbocycles. The van der Waals surface area contributed by atoms with Gasteiger partial charge in [-0.2, -0.15) is 0 Å². The molecule has 0 aliphatic heterocycles. The molecule has 6 heterocycles. The Balaban J connectivity index is 0.000000141. The summed E-state index contributed by atoms with van der Waals surface area (Å²) in [6, 6.07) is 132. The zero-order valence-corrected chi connectivity index (χ0v) is 61.7. The fraction of sp³-hybridized carbons (Fsp3) is 0. The number of rotatable bonds is 12. The molecule has 0 N–H and O–H groups in total. The molecule has 22 aromatic rings. The third-order valence-electron chi connectivity index (χ3n) is 21.2. The first-order chi connectivity index (χ1) is 55.5. The van der Waals surface area contributed by atoms with E-state index in [1.54, 1.807) is 22.7 Å². The van der Waals surface area contributed by atoms with Crippen molar-refractivity contribution in [3.8, 4) is 135 Å². The van der Waals surface area contributed by atoms with E-state index in [0.29, 0.717) is 34.9 Å². The van der Waals surface area contributed by atoms with Crippen molar-refractivity contribution in [1.29, 1.82) is 0 Å². The van der Waals surface area contributed by atoms with Gasteiger partial charge >= 0.3 is 0 Å². The molecule has 524 valence electrons. The summed E-state index contributed by atoms with van der Waals surface area (Å²) in [5.41, 5.74) is 23.1. The number of benzene rings is 16. The monoisotopic (exact) mass is 1470 g/mol. The second-order valence-electron chi connectivity index (χ2n) is 27.9. The fourth-order valence-electron chi connectivity index (χ4n) is 15.6. The number of hydrogen-bond acceptors (Lipinski definition) is 10. The van der Waals surface area contributed by atoms with Crippen LogP contribution in [0.1, 0.15) is 0 Å². The molecule has 0 aliphatic carbocycles. The molecule has 6 aromatic heterocycles. The highest BCUT2D eigenvalue weighted by atomic mass is 32.1. The van der Waals surface area contributed by atoms with Gasteiger partial charge in [-0.05, 0) is 127 Å². The smallest absolute Gasteiger partial charge is 0.167 e. The average Bonchev–Trinajstić information content (AvgIpc) is 1.60.